The zero-order chi connectivity index (χ0) is 17.8. The van der Waals surface area contributed by atoms with Crippen molar-refractivity contribution in [2.24, 2.45) is 0 Å². The van der Waals surface area contributed by atoms with Crippen molar-refractivity contribution < 1.29 is 0 Å². The summed E-state index contributed by atoms with van der Waals surface area (Å²) in [5, 5.41) is 0. The first-order valence-electron chi connectivity index (χ1n) is 10.2. The van der Waals surface area contributed by atoms with Crippen LogP contribution < -0.4 is 0 Å². The molecule has 2 aliphatic rings. The maximum Gasteiger partial charge on any atom is 0.0602 e. The first-order valence-corrected chi connectivity index (χ1v) is 10.2. The van der Waals surface area contributed by atoms with Crippen molar-refractivity contribution in [2.45, 2.75) is 25.4 Å². The molecule has 2 saturated heterocycles. The Morgan fingerprint density at radius 2 is 1.42 bits per heavy atom. The number of benzene rings is 2. The Bertz CT molecular complexity index is 627. The molecule has 26 heavy (non-hydrogen) atoms. The molecule has 0 aliphatic carbocycles. The molecule has 3 nitrogen and oxygen atoms in total. The second kappa shape index (κ2) is 8.34. The van der Waals surface area contributed by atoms with Crippen molar-refractivity contribution >= 4 is 0 Å². The summed E-state index contributed by atoms with van der Waals surface area (Å²) in [6.45, 7) is 10.8. The van der Waals surface area contributed by atoms with Gasteiger partial charge in [-0.25, -0.2) is 0 Å². The van der Waals surface area contributed by atoms with Crippen molar-refractivity contribution in [3.63, 3.8) is 0 Å². The number of likely N-dealkylation sites (tertiary alicyclic amines) is 1. The molecule has 0 atom stereocenters. The van der Waals surface area contributed by atoms with Gasteiger partial charge in [0.1, 0.15) is 0 Å². The molecule has 2 aromatic carbocycles. The van der Waals surface area contributed by atoms with Crippen LogP contribution in [0.4, 0.5) is 0 Å². The number of hydrogen-bond donors (Lipinski definition) is 0. The molecular weight excluding hydrogens is 318 g/mol. The lowest BCUT2D eigenvalue weighted by atomic mass is 9.92. The molecule has 2 aliphatic heterocycles. The zero-order valence-corrected chi connectivity index (χ0v) is 15.9. The van der Waals surface area contributed by atoms with Gasteiger partial charge in [-0.05, 0) is 37.2 Å². The van der Waals surface area contributed by atoms with Gasteiger partial charge in [0.25, 0.3) is 0 Å². The molecule has 0 spiro atoms. The summed E-state index contributed by atoms with van der Waals surface area (Å²) in [4.78, 5) is 7.98. The van der Waals surface area contributed by atoms with E-state index in [1.54, 1.807) is 0 Å². The van der Waals surface area contributed by atoms with Gasteiger partial charge >= 0.3 is 0 Å². The van der Waals surface area contributed by atoms with Crippen molar-refractivity contribution in [3.8, 4) is 0 Å². The van der Waals surface area contributed by atoms with Crippen LogP contribution in [0.15, 0.2) is 60.7 Å². The van der Waals surface area contributed by atoms with Crippen LogP contribution in [0.25, 0.3) is 0 Å². The molecule has 3 heteroatoms. The predicted octanol–water partition coefficient (Wildman–Crippen LogP) is 3.49. The molecule has 0 amide bonds. The first kappa shape index (κ1) is 17.7. The molecule has 138 valence electrons. The second-order valence-electron chi connectivity index (χ2n) is 7.66. The molecule has 0 aromatic heterocycles. The van der Waals surface area contributed by atoms with Gasteiger partial charge in [0.05, 0.1) is 6.04 Å². The molecule has 0 bridgehead atoms. The van der Waals surface area contributed by atoms with Crippen LogP contribution in [-0.2, 0) is 0 Å². The van der Waals surface area contributed by atoms with Crippen molar-refractivity contribution in [2.75, 3.05) is 45.8 Å². The minimum Gasteiger partial charge on any atom is -0.302 e. The number of nitrogens with zero attached hydrogens (tertiary/aromatic N) is 3. The summed E-state index contributed by atoms with van der Waals surface area (Å²) < 4.78 is 0. The molecule has 0 unspecified atom stereocenters. The van der Waals surface area contributed by atoms with Crippen molar-refractivity contribution in [1.29, 1.82) is 0 Å². The van der Waals surface area contributed by atoms with E-state index in [1.807, 2.05) is 0 Å². The highest BCUT2D eigenvalue weighted by Gasteiger charge is 2.37. The number of hydrogen-bond acceptors (Lipinski definition) is 3. The molecule has 0 radical (unpaired) electrons. The van der Waals surface area contributed by atoms with E-state index in [2.05, 4.69) is 82.3 Å². The second-order valence-corrected chi connectivity index (χ2v) is 7.66. The lowest BCUT2D eigenvalue weighted by Crippen LogP contribution is -2.60. The van der Waals surface area contributed by atoms with Crippen LogP contribution in [0, 0.1) is 0 Å². The lowest BCUT2D eigenvalue weighted by Gasteiger charge is -2.49. The summed E-state index contributed by atoms with van der Waals surface area (Å²) in [5.41, 5.74) is 2.82. The Kier molecular flexibility index (Phi) is 5.68. The Labute approximate surface area is 158 Å². The topological polar surface area (TPSA) is 9.72 Å². The number of likely N-dealkylation sites (N-methyl/N-ethyl adjacent to an activating group) is 1. The monoisotopic (exact) mass is 349 g/mol. The van der Waals surface area contributed by atoms with E-state index >= 15 is 0 Å². The Balaban J connectivity index is 1.45. The van der Waals surface area contributed by atoms with Crippen LogP contribution in [0.2, 0.25) is 0 Å². The van der Waals surface area contributed by atoms with Gasteiger partial charge in [0.15, 0.2) is 0 Å². The van der Waals surface area contributed by atoms with Gasteiger partial charge in [-0.1, -0.05) is 67.6 Å². The third-order valence-electron chi connectivity index (χ3n) is 6.07. The SMILES string of the molecule is CCN1CCCN(C2CN(C(c3ccccc3)c3ccccc3)C2)CC1. The Morgan fingerprint density at radius 3 is 2.00 bits per heavy atom. The molecular formula is C23H31N3. The van der Waals surface area contributed by atoms with Crippen molar-refractivity contribution in [3.05, 3.63) is 71.8 Å². The van der Waals surface area contributed by atoms with Crippen LogP contribution in [0.5, 0.6) is 0 Å². The smallest absolute Gasteiger partial charge is 0.0602 e. The first-order chi connectivity index (χ1) is 12.8. The van der Waals surface area contributed by atoms with E-state index in [0.29, 0.717) is 6.04 Å². The quantitative estimate of drug-likeness (QED) is 0.818. The standard InChI is InChI=1S/C23H31N3/c1-2-24-14-9-15-25(17-16-24)22-18-26(19-22)23(20-10-5-3-6-11-20)21-12-7-4-8-13-21/h3-8,10-13,22-23H,2,9,14-19H2,1H3. The summed E-state index contributed by atoms with van der Waals surface area (Å²) in [6, 6.07) is 23.1. The van der Waals surface area contributed by atoms with Gasteiger partial charge in [-0.2, -0.15) is 0 Å². The molecule has 4 rings (SSSR count). The lowest BCUT2D eigenvalue weighted by molar-refractivity contribution is 0.0161. The fraction of sp³-hybridized carbons (Fsp3) is 0.478. The van der Waals surface area contributed by atoms with Gasteiger partial charge < -0.3 is 4.90 Å². The summed E-state index contributed by atoms with van der Waals surface area (Å²) in [5.74, 6) is 0. The van der Waals surface area contributed by atoms with Crippen LogP contribution in [0.3, 0.4) is 0 Å². The Morgan fingerprint density at radius 1 is 0.808 bits per heavy atom. The zero-order valence-electron chi connectivity index (χ0n) is 15.9. The predicted molar refractivity (Wildman–Crippen MR) is 108 cm³/mol. The third-order valence-corrected chi connectivity index (χ3v) is 6.07. The Hall–Kier alpha value is -1.68. The molecule has 2 heterocycles. The van der Waals surface area contributed by atoms with E-state index in [0.717, 1.165) is 6.04 Å². The maximum atomic E-state index is 2.74. The van der Waals surface area contributed by atoms with E-state index in [4.69, 9.17) is 0 Å². The summed E-state index contributed by atoms with van der Waals surface area (Å²) in [6.07, 6.45) is 1.31. The average molecular weight is 350 g/mol. The number of rotatable bonds is 5. The van der Waals surface area contributed by atoms with Gasteiger partial charge in [0.2, 0.25) is 0 Å². The van der Waals surface area contributed by atoms with Crippen LogP contribution in [-0.4, -0.2) is 66.6 Å². The fourth-order valence-electron chi connectivity index (χ4n) is 4.49. The van der Waals surface area contributed by atoms with Gasteiger partial charge in [0, 0.05) is 32.2 Å². The van der Waals surface area contributed by atoms with Crippen molar-refractivity contribution in [1.82, 2.24) is 14.7 Å². The van der Waals surface area contributed by atoms with E-state index < -0.39 is 0 Å². The van der Waals surface area contributed by atoms with Gasteiger partial charge in [-0.15, -0.1) is 0 Å². The van der Waals surface area contributed by atoms with E-state index in [1.165, 1.54) is 63.4 Å². The van der Waals surface area contributed by atoms with E-state index in [-0.39, 0.29) is 0 Å². The fourth-order valence-corrected chi connectivity index (χ4v) is 4.49. The summed E-state index contributed by atoms with van der Waals surface area (Å²) in [7, 11) is 0. The summed E-state index contributed by atoms with van der Waals surface area (Å²) >= 11 is 0. The highest BCUT2D eigenvalue weighted by atomic mass is 15.3. The molecule has 0 N–H and O–H groups in total. The third kappa shape index (κ3) is 3.85. The largest absolute Gasteiger partial charge is 0.302 e. The van der Waals surface area contributed by atoms with Gasteiger partial charge in [-0.3, -0.25) is 9.80 Å². The average Bonchev–Trinajstić information content (AvgIpc) is 2.91. The normalized spacial score (nSPS) is 20.8. The van der Waals surface area contributed by atoms with Crippen LogP contribution in [0.1, 0.15) is 30.5 Å². The molecule has 0 saturated carbocycles. The highest BCUT2D eigenvalue weighted by Crippen LogP contribution is 2.33. The maximum absolute atomic E-state index is 2.74. The van der Waals surface area contributed by atoms with Crippen LogP contribution >= 0.6 is 0 Å². The minimum absolute atomic E-state index is 0.382. The molecule has 2 fully saturated rings. The minimum atomic E-state index is 0.382. The highest BCUT2D eigenvalue weighted by molar-refractivity contribution is 5.32. The van der Waals surface area contributed by atoms with E-state index in [9.17, 15) is 0 Å². The molecule has 2 aromatic rings.